The first-order valence-electron chi connectivity index (χ1n) is 7.44. The van der Waals surface area contributed by atoms with Crippen LogP contribution in [0.3, 0.4) is 0 Å². The van der Waals surface area contributed by atoms with Crippen LogP contribution in [-0.4, -0.2) is 25.8 Å². The Kier molecular flexibility index (Phi) is 12.5. The van der Waals surface area contributed by atoms with Gasteiger partial charge in [0, 0.05) is 13.0 Å². The van der Waals surface area contributed by atoms with Crippen LogP contribution in [-0.2, 0) is 14.3 Å². The summed E-state index contributed by atoms with van der Waals surface area (Å²) in [5, 5.41) is 0. The first-order chi connectivity index (χ1) is 8.70. The molecule has 0 aliphatic heterocycles. The summed E-state index contributed by atoms with van der Waals surface area (Å²) in [5.41, 5.74) is 0. The third-order valence-corrected chi connectivity index (χ3v) is 3.07. The van der Waals surface area contributed by atoms with E-state index < -0.39 is 0 Å². The highest BCUT2D eigenvalue weighted by Gasteiger charge is 2.03. The van der Waals surface area contributed by atoms with Crippen LogP contribution in [0.1, 0.15) is 65.7 Å². The van der Waals surface area contributed by atoms with Gasteiger partial charge >= 0.3 is 5.97 Å². The molecule has 0 aromatic carbocycles. The Hall–Kier alpha value is -0.570. The minimum Gasteiger partial charge on any atom is -0.463 e. The Bertz CT molecular complexity index is 192. The van der Waals surface area contributed by atoms with Crippen molar-refractivity contribution in [3.05, 3.63) is 0 Å². The first-order valence-corrected chi connectivity index (χ1v) is 7.44. The number of carbonyl (C=O) groups is 1. The topological polar surface area (TPSA) is 35.5 Å². The Balaban J connectivity index is 3.22. The summed E-state index contributed by atoms with van der Waals surface area (Å²) >= 11 is 0. The van der Waals surface area contributed by atoms with Crippen LogP contribution < -0.4 is 0 Å². The van der Waals surface area contributed by atoms with E-state index >= 15 is 0 Å². The molecule has 0 aliphatic rings. The van der Waals surface area contributed by atoms with Crippen LogP contribution in [0.15, 0.2) is 0 Å². The van der Waals surface area contributed by atoms with E-state index in [0.717, 1.165) is 25.9 Å². The first kappa shape index (κ1) is 17.4. The zero-order valence-corrected chi connectivity index (χ0v) is 12.4. The molecule has 0 rings (SSSR count). The molecule has 18 heavy (non-hydrogen) atoms. The highest BCUT2D eigenvalue weighted by Crippen LogP contribution is 2.05. The van der Waals surface area contributed by atoms with Crippen molar-refractivity contribution in [2.24, 2.45) is 5.92 Å². The van der Waals surface area contributed by atoms with E-state index in [4.69, 9.17) is 9.47 Å². The van der Waals surface area contributed by atoms with Gasteiger partial charge in [0.2, 0.25) is 0 Å². The molecular formula is C15H30O3. The van der Waals surface area contributed by atoms with E-state index in [1.165, 1.54) is 19.3 Å². The van der Waals surface area contributed by atoms with Gasteiger partial charge in [-0.25, -0.2) is 0 Å². The van der Waals surface area contributed by atoms with Crippen LogP contribution in [0.4, 0.5) is 0 Å². The maximum atomic E-state index is 11.4. The lowest BCUT2D eigenvalue weighted by Crippen LogP contribution is -2.13. The SMILES string of the molecule is CCCCCCCC(=O)OCCOCC(C)CC. The lowest BCUT2D eigenvalue weighted by Gasteiger charge is -2.09. The van der Waals surface area contributed by atoms with Crippen molar-refractivity contribution < 1.29 is 14.3 Å². The number of hydrogen-bond donors (Lipinski definition) is 0. The molecule has 3 nitrogen and oxygen atoms in total. The molecule has 0 heterocycles. The zero-order chi connectivity index (χ0) is 13.6. The third kappa shape index (κ3) is 11.9. The summed E-state index contributed by atoms with van der Waals surface area (Å²) in [6.07, 6.45) is 7.48. The minimum atomic E-state index is -0.0846. The van der Waals surface area contributed by atoms with E-state index in [2.05, 4.69) is 20.8 Å². The van der Waals surface area contributed by atoms with Gasteiger partial charge in [0.05, 0.1) is 6.61 Å². The number of unbranched alkanes of at least 4 members (excludes halogenated alkanes) is 4. The molecule has 0 amide bonds. The van der Waals surface area contributed by atoms with Gasteiger partial charge in [-0.3, -0.25) is 4.79 Å². The Morgan fingerprint density at radius 2 is 1.78 bits per heavy atom. The van der Waals surface area contributed by atoms with Crippen molar-refractivity contribution in [2.75, 3.05) is 19.8 Å². The summed E-state index contributed by atoms with van der Waals surface area (Å²) in [7, 11) is 0. The summed E-state index contributed by atoms with van der Waals surface area (Å²) in [4.78, 5) is 11.4. The second-order valence-corrected chi connectivity index (χ2v) is 4.97. The van der Waals surface area contributed by atoms with Crippen LogP contribution in [0.2, 0.25) is 0 Å². The van der Waals surface area contributed by atoms with Gasteiger partial charge in [-0.05, 0) is 12.3 Å². The molecule has 0 saturated heterocycles. The zero-order valence-electron chi connectivity index (χ0n) is 12.4. The van der Waals surface area contributed by atoms with Crippen molar-refractivity contribution in [1.29, 1.82) is 0 Å². The van der Waals surface area contributed by atoms with Crippen LogP contribution in [0.25, 0.3) is 0 Å². The van der Waals surface area contributed by atoms with Gasteiger partial charge in [-0.1, -0.05) is 52.9 Å². The lowest BCUT2D eigenvalue weighted by molar-refractivity contribution is -0.145. The summed E-state index contributed by atoms with van der Waals surface area (Å²) < 4.78 is 10.5. The van der Waals surface area contributed by atoms with Crippen molar-refractivity contribution in [1.82, 2.24) is 0 Å². The van der Waals surface area contributed by atoms with Gasteiger partial charge in [-0.15, -0.1) is 0 Å². The van der Waals surface area contributed by atoms with Gasteiger partial charge in [0.25, 0.3) is 0 Å². The number of ether oxygens (including phenoxy) is 2. The van der Waals surface area contributed by atoms with E-state index in [1.807, 2.05) is 0 Å². The Morgan fingerprint density at radius 1 is 1.06 bits per heavy atom. The Morgan fingerprint density at radius 3 is 2.44 bits per heavy atom. The predicted molar refractivity (Wildman–Crippen MR) is 74.6 cm³/mol. The third-order valence-electron chi connectivity index (χ3n) is 3.07. The smallest absolute Gasteiger partial charge is 0.305 e. The minimum absolute atomic E-state index is 0.0846. The van der Waals surface area contributed by atoms with Crippen LogP contribution >= 0.6 is 0 Å². The Labute approximate surface area is 112 Å². The molecular weight excluding hydrogens is 228 g/mol. The van der Waals surface area contributed by atoms with E-state index in [0.29, 0.717) is 25.6 Å². The van der Waals surface area contributed by atoms with Crippen molar-refractivity contribution in [2.45, 2.75) is 65.7 Å². The van der Waals surface area contributed by atoms with Gasteiger partial charge in [0.15, 0.2) is 0 Å². The molecule has 0 aromatic rings. The predicted octanol–water partition coefficient (Wildman–Crippen LogP) is 3.95. The van der Waals surface area contributed by atoms with Crippen molar-refractivity contribution in [3.63, 3.8) is 0 Å². The molecule has 0 saturated carbocycles. The molecule has 0 aromatic heterocycles. The average Bonchev–Trinajstić information content (AvgIpc) is 2.37. The number of hydrogen-bond acceptors (Lipinski definition) is 3. The van der Waals surface area contributed by atoms with Gasteiger partial charge in [-0.2, -0.15) is 0 Å². The van der Waals surface area contributed by atoms with Crippen molar-refractivity contribution >= 4 is 5.97 Å². The highest BCUT2D eigenvalue weighted by atomic mass is 16.6. The summed E-state index contributed by atoms with van der Waals surface area (Å²) in [6, 6.07) is 0. The fraction of sp³-hybridized carbons (Fsp3) is 0.933. The maximum Gasteiger partial charge on any atom is 0.305 e. The second-order valence-electron chi connectivity index (χ2n) is 4.97. The highest BCUT2D eigenvalue weighted by molar-refractivity contribution is 5.69. The molecule has 1 atom stereocenters. The molecule has 0 N–H and O–H groups in total. The maximum absolute atomic E-state index is 11.4. The lowest BCUT2D eigenvalue weighted by atomic mass is 10.1. The van der Waals surface area contributed by atoms with Crippen molar-refractivity contribution in [3.8, 4) is 0 Å². The molecule has 0 aliphatic carbocycles. The van der Waals surface area contributed by atoms with E-state index in [1.54, 1.807) is 0 Å². The van der Waals surface area contributed by atoms with Crippen LogP contribution in [0, 0.1) is 5.92 Å². The second kappa shape index (κ2) is 12.9. The molecule has 0 bridgehead atoms. The molecule has 1 unspecified atom stereocenters. The molecule has 0 fully saturated rings. The fourth-order valence-electron chi connectivity index (χ4n) is 1.56. The molecule has 108 valence electrons. The average molecular weight is 258 g/mol. The molecule has 0 spiro atoms. The monoisotopic (exact) mass is 258 g/mol. The number of carbonyl (C=O) groups excluding carboxylic acids is 1. The summed E-state index contributed by atoms with van der Waals surface area (Å²) in [6.45, 7) is 8.16. The summed E-state index contributed by atoms with van der Waals surface area (Å²) in [5.74, 6) is 0.498. The van der Waals surface area contributed by atoms with Gasteiger partial charge < -0.3 is 9.47 Å². The standard InChI is InChI=1S/C15H30O3/c1-4-6-7-8-9-10-15(16)18-12-11-17-13-14(3)5-2/h14H,4-13H2,1-3H3. The van der Waals surface area contributed by atoms with Gasteiger partial charge in [0.1, 0.15) is 6.61 Å². The molecule has 0 radical (unpaired) electrons. The van der Waals surface area contributed by atoms with E-state index in [-0.39, 0.29) is 5.97 Å². The molecule has 3 heteroatoms. The van der Waals surface area contributed by atoms with Crippen LogP contribution in [0.5, 0.6) is 0 Å². The largest absolute Gasteiger partial charge is 0.463 e. The van der Waals surface area contributed by atoms with E-state index in [9.17, 15) is 4.79 Å². The normalized spacial score (nSPS) is 12.4. The number of esters is 1. The fourth-order valence-corrected chi connectivity index (χ4v) is 1.56. The number of rotatable bonds is 12. The quantitative estimate of drug-likeness (QED) is 0.393.